The van der Waals surface area contributed by atoms with E-state index in [0.29, 0.717) is 0 Å². The van der Waals surface area contributed by atoms with Crippen molar-refractivity contribution in [1.82, 2.24) is 0 Å². The van der Waals surface area contributed by atoms with Gasteiger partial charge in [0.1, 0.15) is 0 Å². The predicted molar refractivity (Wildman–Crippen MR) is 44.4 cm³/mol. The molecular formula is C8H15NO. The van der Waals surface area contributed by atoms with Gasteiger partial charge in [0.15, 0.2) is 0 Å². The maximum atomic E-state index is 4.95. The van der Waals surface area contributed by atoms with E-state index in [1.165, 1.54) is 0 Å². The standard InChI is InChI=1S/C8H15NO/c1-5-9-7(2)6-8(3)10-4/h6H,5H2,1-4H3/b8-6+,9-7?. The molecule has 58 valence electrons. The van der Waals surface area contributed by atoms with Gasteiger partial charge in [0.25, 0.3) is 0 Å². The minimum absolute atomic E-state index is 0.833. The summed E-state index contributed by atoms with van der Waals surface area (Å²) in [6.07, 6.45) is 1.92. The lowest BCUT2D eigenvalue weighted by atomic mass is 10.3. The van der Waals surface area contributed by atoms with Crippen LogP contribution < -0.4 is 0 Å². The lowest BCUT2D eigenvalue weighted by molar-refractivity contribution is 0.294. The molecule has 2 nitrogen and oxygen atoms in total. The summed E-state index contributed by atoms with van der Waals surface area (Å²) in [4.78, 5) is 4.17. The van der Waals surface area contributed by atoms with Gasteiger partial charge in [-0.3, -0.25) is 4.99 Å². The van der Waals surface area contributed by atoms with Gasteiger partial charge >= 0.3 is 0 Å². The summed E-state index contributed by atoms with van der Waals surface area (Å²) in [5, 5.41) is 0. The highest BCUT2D eigenvalue weighted by atomic mass is 16.5. The van der Waals surface area contributed by atoms with E-state index in [1.807, 2.05) is 26.8 Å². The molecule has 0 bridgehead atoms. The van der Waals surface area contributed by atoms with Crippen molar-refractivity contribution in [3.05, 3.63) is 11.8 Å². The maximum Gasteiger partial charge on any atom is 0.0942 e. The van der Waals surface area contributed by atoms with E-state index in [1.54, 1.807) is 7.11 Å². The van der Waals surface area contributed by atoms with Crippen LogP contribution in [0.1, 0.15) is 20.8 Å². The molecule has 0 aliphatic carbocycles. The van der Waals surface area contributed by atoms with Crippen LogP contribution in [0.4, 0.5) is 0 Å². The second kappa shape index (κ2) is 5.03. The minimum atomic E-state index is 0.833. The topological polar surface area (TPSA) is 21.6 Å². The Morgan fingerprint density at radius 2 is 2.10 bits per heavy atom. The second-order valence-corrected chi connectivity index (χ2v) is 2.07. The number of allylic oxidation sites excluding steroid dienone is 2. The highest BCUT2D eigenvalue weighted by Crippen LogP contribution is 1.93. The van der Waals surface area contributed by atoms with Crippen molar-refractivity contribution >= 4 is 5.71 Å². The van der Waals surface area contributed by atoms with Crippen molar-refractivity contribution in [2.24, 2.45) is 4.99 Å². The largest absolute Gasteiger partial charge is 0.501 e. The number of rotatable bonds is 3. The van der Waals surface area contributed by atoms with Crippen LogP contribution in [0.5, 0.6) is 0 Å². The van der Waals surface area contributed by atoms with Gasteiger partial charge < -0.3 is 4.74 Å². The zero-order valence-corrected chi connectivity index (χ0v) is 7.14. The molecule has 0 aromatic carbocycles. The smallest absolute Gasteiger partial charge is 0.0942 e. The summed E-state index contributed by atoms with van der Waals surface area (Å²) in [7, 11) is 1.66. The first kappa shape index (κ1) is 9.21. The van der Waals surface area contributed by atoms with Gasteiger partial charge in [0.2, 0.25) is 0 Å². The fourth-order valence-corrected chi connectivity index (χ4v) is 0.648. The van der Waals surface area contributed by atoms with Gasteiger partial charge in [-0.2, -0.15) is 0 Å². The fourth-order valence-electron chi connectivity index (χ4n) is 0.648. The molecular weight excluding hydrogens is 126 g/mol. The maximum absolute atomic E-state index is 4.95. The number of hydrogen-bond acceptors (Lipinski definition) is 2. The van der Waals surface area contributed by atoms with E-state index in [4.69, 9.17) is 4.74 Å². The SMILES string of the molecule is CCN=C(C)/C=C(\C)OC. The van der Waals surface area contributed by atoms with Gasteiger partial charge in [-0.05, 0) is 26.8 Å². The molecule has 0 aromatic heterocycles. The predicted octanol–water partition coefficient (Wildman–Crippen LogP) is 2.02. The van der Waals surface area contributed by atoms with Crippen molar-refractivity contribution < 1.29 is 4.74 Å². The van der Waals surface area contributed by atoms with Crippen LogP contribution in [0.25, 0.3) is 0 Å². The minimum Gasteiger partial charge on any atom is -0.501 e. The third-order valence-electron chi connectivity index (χ3n) is 1.14. The highest BCUT2D eigenvalue weighted by Gasteiger charge is 1.86. The Balaban J connectivity index is 3.98. The fraction of sp³-hybridized carbons (Fsp3) is 0.625. The molecule has 0 aromatic rings. The van der Waals surface area contributed by atoms with Gasteiger partial charge in [0, 0.05) is 12.3 Å². The normalized spacial score (nSPS) is 13.6. The molecule has 0 saturated carbocycles. The molecule has 0 spiro atoms. The Kier molecular flexibility index (Phi) is 4.63. The molecule has 0 heterocycles. The van der Waals surface area contributed by atoms with Crippen molar-refractivity contribution in [3.63, 3.8) is 0 Å². The van der Waals surface area contributed by atoms with Gasteiger partial charge in [-0.25, -0.2) is 0 Å². The number of methoxy groups -OCH3 is 1. The molecule has 0 radical (unpaired) electrons. The van der Waals surface area contributed by atoms with Crippen LogP contribution in [0, 0.1) is 0 Å². The molecule has 2 heteroatoms. The number of ether oxygens (including phenoxy) is 1. The Hall–Kier alpha value is -0.790. The molecule has 0 saturated heterocycles. The average Bonchev–Trinajstić information content (AvgIpc) is 1.88. The molecule has 0 N–H and O–H groups in total. The summed E-state index contributed by atoms with van der Waals surface area (Å²) in [6, 6.07) is 0. The van der Waals surface area contributed by atoms with Gasteiger partial charge in [-0.15, -0.1) is 0 Å². The van der Waals surface area contributed by atoms with Crippen LogP contribution >= 0.6 is 0 Å². The molecule has 10 heavy (non-hydrogen) atoms. The van der Waals surface area contributed by atoms with E-state index in [0.717, 1.165) is 18.0 Å². The first-order valence-corrected chi connectivity index (χ1v) is 3.44. The van der Waals surface area contributed by atoms with Gasteiger partial charge in [0.05, 0.1) is 12.9 Å². The lowest BCUT2D eigenvalue weighted by Crippen LogP contribution is -1.89. The summed E-state index contributed by atoms with van der Waals surface area (Å²) < 4.78 is 4.95. The van der Waals surface area contributed by atoms with Crippen molar-refractivity contribution in [3.8, 4) is 0 Å². The zero-order valence-electron chi connectivity index (χ0n) is 7.14. The summed E-state index contributed by atoms with van der Waals surface area (Å²) in [6.45, 7) is 6.72. The third-order valence-corrected chi connectivity index (χ3v) is 1.14. The van der Waals surface area contributed by atoms with Crippen LogP contribution in [0.2, 0.25) is 0 Å². The summed E-state index contributed by atoms with van der Waals surface area (Å²) >= 11 is 0. The van der Waals surface area contributed by atoms with Crippen molar-refractivity contribution in [1.29, 1.82) is 0 Å². The Morgan fingerprint density at radius 1 is 1.50 bits per heavy atom. The van der Waals surface area contributed by atoms with E-state index in [9.17, 15) is 0 Å². The number of hydrogen-bond donors (Lipinski definition) is 0. The second-order valence-electron chi connectivity index (χ2n) is 2.07. The van der Waals surface area contributed by atoms with Crippen molar-refractivity contribution in [2.75, 3.05) is 13.7 Å². The first-order valence-electron chi connectivity index (χ1n) is 3.44. The van der Waals surface area contributed by atoms with E-state index < -0.39 is 0 Å². The molecule has 0 unspecified atom stereocenters. The van der Waals surface area contributed by atoms with Crippen LogP contribution in [0.15, 0.2) is 16.8 Å². The molecule has 0 aliphatic heterocycles. The quantitative estimate of drug-likeness (QED) is 0.435. The highest BCUT2D eigenvalue weighted by molar-refractivity contribution is 5.93. The number of aliphatic imine (C=N–C) groups is 1. The van der Waals surface area contributed by atoms with Crippen LogP contribution in [-0.4, -0.2) is 19.4 Å². The van der Waals surface area contributed by atoms with Crippen LogP contribution in [-0.2, 0) is 4.74 Å². The number of nitrogens with zero attached hydrogens (tertiary/aromatic N) is 1. The molecule has 0 rings (SSSR count). The monoisotopic (exact) mass is 141 g/mol. The third kappa shape index (κ3) is 4.13. The van der Waals surface area contributed by atoms with Crippen LogP contribution in [0.3, 0.4) is 0 Å². The van der Waals surface area contributed by atoms with E-state index in [2.05, 4.69) is 4.99 Å². The van der Waals surface area contributed by atoms with Crippen molar-refractivity contribution in [2.45, 2.75) is 20.8 Å². The Morgan fingerprint density at radius 3 is 2.50 bits per heavy atom. The van der Waals surface area contributed by atoms with Gasteiger partial charge in [-0.1, -0.05) is 0 Å². The zero-order chi connectivity index (χ0) is 7.98. The first-order chi connectivity index (χ1) is 4.70. The van der Waals surface area contributed by atoms with E-state index in [-0.39, 0.29) is 0 Å². The lowest BCUT2D eigenvalue weighted by Gasteiger charge is -1.97. The molecule has 0 aliphatic rings. The van der Waals surface area contributed by atoms with E-state index >= 15 is 0 Å². The molecule has 0 fully saturated rings. The Labute approximate surface area is 62.6 Å². The Bertz CT molecular complexity index is 147. The summed E-state index contributed by atoms with van der Waals surface area (Å²) in [5.74, 6) is 0.898. The average molecular weight is 141 g/mol. The molecule has 0 amide bonds. The molecule has 0 atom stereocenters. The summed E-state index contributed by atoms with van der Waals surface area (Å²) in [5.41, 5.74) is 1.02.